The fraction of sp³-hybridized carbons (Fsp3) is 0.300. The Morgan fingerprint density at radius 2 is 1.84 bits per heavy atom. The number of imidazole rings is 1. The average molecular weight is 492 g/mol. The highest BCUT2D eigenvalue weighted by molar-refractivity contribution is 7.90. The number of hydrogen-bond acceptors (Lipinski definition) is 5. The number of ether oxygens (including phenoxy) is 1. The number of rotatable bonds is 6. The number of sulfone groups is 1. The van der Waals surface area contributed by atoms with Crippen molar-refractivity contribution in [3.63, 3.8) is 0 Å². The molecule has 2 aromatic heterocycles. The lowest BCUT2D eigenvalue weighted by molar-refractivity contribution is -0.141. The lowest BCUT2D eigenvalue weighted by Gasteiger charge is -2.18. The Balaban J connectivity index is 1.98. The molecule has 0 aliphatic carbocycles. The van der Waals surface area contributed by atoms with E-state index >= 15 is 0 Å². The molecule has 32 heavy (non-hydrogen) atoms. The van der Waals surface area contributed by atoms with Crippen molar-refractivity contribution in [2.24, 2.45) is 0 Å². The van der Waals surface area contributed by atoms with Crippen molar-refractivity contribution >= 4 is 21.4 Å². The van der Waals surface area contributed by atoms with E-state index in [1.165, 1.54) is 32.0 Å². The van der Waals surface area contributed by atoms with Crippen LogP contribution in [0.5, 0.6) is 0 Å². The molecule has 0 amide bonds. The van der Waals surface area contributed by atoms with Crippen LogP contribution in [0, 0.1) is 19.7 Å². The van der Waals surface area contributed by atoms with Gasteiger partial charge in [0.2, 0.25) is 0 Å². The molecule has 0 spiro atoms. The Morgan fingerprint density at radius 3 is 2.38 bits per heavy atom. The van der Waals surface area contributed by atoms with Gasteiger partial charge in [-0.2, -0.15) is 13.2 Å². The summed E-state index contributed by atoms with van der Waals surface area (Å²) in [7, 11) is -3.64. The highest BCUT2D eigenvalue weighted by Crippen LogP contribution is 2.31. The van der Waals surface area contributed by atoms with Gasteiger partial charge in [0, 0.05) is 11.9 Å². The smallest absolute Gasteiger partial charge is 0.361 e. The van der Waals surface area contributed by atoms with Gasteiger partial charge < -0.3 is 9.72 Å². The molecule has 0 saturated carbocycles. The molecule has 3 rings (SSSR count). The molecule has 2 heterocycles. The number of aryl methyl sites for hydroxylation is 2. The number of halogens is 5. The Labute approximate surface area is 186 Å². The zero-order chi connectivity index (χ0) is 23.8. The summed E-state index contributed by atoms with van der Waals surface area (Å²) in [6.45, 7) is 2.76. The molecule has 6 nitrogen and oxygen atoms in total. The normalized spacial score (nSPS) is 13.4. The van der Waals surface area contributed by atoms with Crippen LogP contribution in [0.4, 0.5) is 17.6 Å². The van der Waals surface area contributed by atoms with Crippen molar-refractivity contribution in [2.75, 3.05) is 6.26 Å². The van der Waals surface area contributed by atoms with Crippen LogP contribution in [0.2, 0.25) is 5.02 Å². The topological polar surface area (TPSA) is 84.9 Å². The second-order valence-corrected chi connectivity index (χ2v) is 9.47. The predicted octanol–water partition coefficient (Wildman–Crippen LogP) is 4.94. The number of nitrogens with zero attached hydrogens (tertiary/aromatic N) is 2. The third-order valence-corrected chi connectivity index (χ3v) is 5.99. The summed E-state index contributed by atoms with van der Waals surface area (Å²) < 4.78 is 82.1. The molecule has 3 aromatic rings. The standard InChI is InChI=1S/C20H18ClF4N3O3S/c1-10-13(5-7-16(26-10)20(23,24)25)9-31-17(12-4-6-15(22)14(21)8-12)18-27-11(2)19(28-18)32(3,29)30/h4-8,17H,9H2,1-3H3,(H,27,28)/t17-/m1/s1. The van der Waals surface area contributed by atoms with Crippen LogP contribution in [0.1, 0.15) is 40.1 Å². The largest absolute Gasteiger partial charge is 0.433 e. The van der Waals surface area contributed by atoms with E-state index in [1.807, 2.05) is 0 Å². The van der Waals surface area contributed by atoms with Crippen molar-refractivity contribution in [3.05, 3.63) is 75.2 Å². The van der Waals surface area contributed by atoms with Gasteiger partial charge in [-0.1, -0.05) is 23.7 Å². The first-order valence-corrected chi connectivity index (χ1v) is 11.4. The zero-order valence-electron chi connectivity index (χ0n) is 17.1. The van der Waals surface area contributed by atoms with Gasteiger partial charge in [0.05, 0.1) is 17.3 Å². The maximum Gasteiger partial charge on any atom is 0.433 e. The SMILES string of the molecule is Cc1nc(C(F)(F)F)ccc1CO[C@H](c1ccc(F)c(Cl)c1)c1nc(S(C)(=O)=O)c(C)[nH]1. The molecule has 172 valence electrons. The molecular formula is C20H18ClF4N3O3S. The van der Waals surface area contributed by atoms with E-state index in [-0.39, 0.29) is 33.9 Å². The number of H-pyrrole nitrogens is 1. The summed E-state index contributed by atoms with van der Waals surface area (Å²) in [5.74, 6) is -0.549. The van der Waals surface area contributed by atoms with E-state index in [0.29, 0.717) is 11.1 Å². The molecule has 1 N–H and O–H groups in total. The zero-order valence-corrected chi connectivity index (χ0v) is 18.7. The summed E-state index contributed by atoms with van der Waals surface area (Å²) in [6.07, 6.45) is -4.59. The fourth-order valence-electron chi connectivity index (χ4n) is 3.03. The van der Waals surface area contributed by atoms with Gasteiger partial charge in [0.25, 0.3) is 0 Å². The number of alkyl halides is 3. The average Bonchev–Trinajstić information content (AvgIpc) is 3.07. The molecule has 0 fully saturated rings. The van der Waals surface area contributed by atoms with Crippen LogP contribution in [0.3, 0.4) is 0 Å². The highest BCUT2D eigenvalue weighted by Gasteiger charge is 2.33. The van der Waals surface area contributed by atoms with Gasteiger partial charge in [0.15, 0.2) is 14.9 Å². The van der Waals surface area contributed by atoms with E-state index in [2.05, 4.69) is 15.0 Å². The van der Waals surface area contributed by atoms with Gasteiger partial charge in [-0.15, -0.1) is 0 Å². The molecule has 0 saturated heterocycles. The monoisotopic (exact) mass is 491 g/mol. The van der Waals surface area contributed by atoms with Gasteiger partial charge in [0.1, 0.15) is 23.4 Å². The number of nitrogens with one attached hydrogen (secondary N) is 1. The van der Waals surface area contributed by atoms with E-state index in [1.54, 1.807) is 0 Å². The predicted molar refractivity (Wildman–Crippen MR) is 108 cm³/mol. The van der Waals surface area contributed by atoms with E-state index in [9.17, 15) is 26.0 Å². The Bertz CT molecular complexity index is 1260. The lowest BCUT2D eigenvalue weighted by atomic mass is 10.1. The van der Waals surface area contributed by atoms with Crippen molar-refractivity contribution in [2.45, 2.75) is 37.8 Å². The molecule has 1 atom stereocenters. The molecular weight excluding hydrogens is 474 g/mol. The molecule has 1 aromatic carbocycles. The van der Waals surface area contributed by atoms with Gasteiger partial charge >= 0.3 is 6.18 Å². The number of aromatic amines is 1. The summed E-state index contributed by atoms with van der Waals surface area (Å²) >= 11 is 5.88. The van der Waals surface area contributed by atoms with E-state index < -0.39 is 33.6 Å². The molecule has 0 radical (unpaired) electrons. The Morgan fingerprint density at radius 1 is 1.16 bits per heavy atom. The van der Waals surface area contributed by atoms with Gasteiger partial charge in [-0.3, -0.25) is 0 Å². The minimum atomic E-state index is -4.58. The number of aromatic nitrogens is 3. The minimum Gasteiger partial charge on any atom is -0.361 e. The van der Waals surface area contributed by atoms with Crippen molar-refractivity contribution in [1.82, 2.24) is 15.0 Å². The summed E-state index contributed by atoms with van der Waals surface area (Å²) in [5, 5.41) is -0.364. The van der Waals surface area contributed by atoms with E-state index in [0.717, 1.165) is 18.4 Å². The highest BCUT2D eigenvalue weighted by atomic mass is 35.5. The third-order valence-electron chi connectivity index (χ3n) is 4.60. The minimum absolute atomic E-state index is 0.114. The summed E-state index contributed by atoms with van der Waals surface area (Å²) in [6, 6.07) is 5.90. The van der Waals surface area contributed by atoms with Gasteiger partial charge in [-0.25, -0.2) is 22.8 Å². The fourth-order valence-corrected chi connectivity index (χ4v) is 4.09. The third kappa shape index (κ3) is 5.28. The van der Waals surface area contributed by atoms with Gasteiger partial charge in [-0.05, 0) is 43.2 Å². The first-order chi connectivity index (χ1) is 14.8. The van der Waals surface area contributed by atoms with Crippen LogP contribution in [0.25, 0.3) is 0 Å². The van der Waals surface area contributed by atoms with Crippen LogP contribution in [0.15, 0.2) is 35.4 Å². The molecule has 0 aliphatic heterocycles. The first kappa shape index (κ1) is 24.1. The van der Waals surface area contributed by atoms with E-state index in [4.69, 9.17) is 16.3 Å². The summed E-state index contributed by atoms with van der Waals surface area (Å²) in [5.41, 5.74) is 0.102. The quantitative estimate of drug-likeness (QED) is 0.493. The maximum atomic E-state index is 13.7. The second-order valence-electron chi connectivity index (χ2n) is 7.13. The summed E-state index contributed by atoms with van der Waals surface area (Å²) in [4.78, 5) is 10.5. The van der Waals surface area contributed by atoms with Crippen LogP contribution in [-0.4, -0.2) is 29.6 Å². The first-order valence-electron chi connectivity index (χ1n) is 9.14. The van der Waals surface area contributed by atoms with Crippen molar-refractivity contribution in [1.29, 1.82) is 0 Å². The molecule has 0 unspecified atom stereocenters. The lowest BCUT2D eigenvalue weighted by Crippen LogP contribution is -2.12. The van der Waals surface area contributed by atoms with Crippen LogP contribution < -0.4 is 0 Å². The van der Waals surface area contributed by atoms with Crippen molar-refractivity contribution in [3.8, 4) is 0 Å². The second kappa shape index (κ2) is 8.80. The molecule has 0 bridgehead atoms. The Kier molecular flexibility index (Phi) is 6.64. The number of benzene rings is 1. The maximum absolute atomic E-state index is 13.7. The van der Waals surface area contributed by atoms with Crippen LogP contribution in [-0.2, 0) is 27.4 Å². The van der Waals surface area contributed by atoms with Crippen molar-refractivity contribution < 1.29 is 30.7 Å². The number of hydrogen-bond donors (Lipinski definition) is 1. The molecule has 12 heteroatoms. The van der Waals surface area contributed by atoms with Crippen LogP contribution >= 0.6 is 11.6 Å². The number of pyridine rings is 1. The molecule has 0 aliphatic rings. The Hall–Kier alpha value is -2.50.